The van der Waals surface area contributed by atoms with Crippen LogP contribution in [0.25, 0.3) is 5.69 Å². The van der Waals surface area contributed by atoms with Gasteiger partial charge in [-0.05, 0) is 55.0 Å². The van der Waals surface area contributed by atoms with Crippen LogP contribution in [0.15, 0.2) is 54.6 Å². The van der Waals surface area contributed by atoms with E-state index >= 15 is 0 Å². The Kier molecular flexibility index (Phi) is 12.8. The molecular formula is C28H35FN3NaO6. The van der Waals surface area contributed by atoms with Gasteiger partial charge in [0, 0.05) is 11.3 Å². The number of aliphatic carboxylic acids is 1. The number of aromatic nitrogens is 2. The zero-order valence-electron chi connectivity index (χ0n) is 21.4. The van der Waals surface area contributed by atoms with E-state index in [4.69, 9.17) is 5.11 Å². The third-order valence-electron chi connectivity index (χ3n) is 6.24. The number of nitrogens with one attached hydrogen (secondary N) is 1. The molecular weight excluding hydrogens is 516 g/mol. The molecule has 3 atom stereocenters. The molecule has 0 saturated carbocycles. The Morgan fingerprint density at radius 3 is 2.23 bits per heavy atom. The number of hydrogen-bond donors (Lipinski definition) is 5. The number of aliphatic hydroxyl groups is 3. The van der Waals surface area contributed by atoms with E-state index in [1.54, 1.807) is 16.8 Å². The minimum absolute atomic E-state index is 0. The Hall–Kier alpha value is -2.60. The van der Waals surface area contributed by atoms with Crippen LogP contribution in [0.1, 0.15) is 72.4 Å². The number of amides is 1. The van der Waals surface area contributed by atoms with Gasteiger partial charge in [-0.25, -0.2) is 9.07 Å². The van der Waals surface area contributed by atoms with Gasteiger partial charge in [-0.2, -0.15) is 5.10 Å². The zero-order chi connectivity index (χ0) is 27.8. The SMILES string of the molecule is CC(C)c1c(C(=O)NC(CO)c2ccccc2)nn(-c2ccc(F)cc2)c1CC[C@@H](O)C[C@@H](O)CC(=O)O.[NaH]. The van der Waals surface area contributed by atoms with Crippen molar-refractivity contribution < 1.29 is 34.4 Å². The van der Waals surface area contributed by atoms with E-state index in [2.05, 4.69) is 10.4 Å². The second-order valence-corrected chi connectivity index (χ2v) is 9.55. The molecule has 0 spiro atoms. The Bertz CT molecular complexity index is 1220. The Morgan fingerprint density at radius 2 is 1.67 bits per heavy atom. The molecule has 2 aromatic carbocycles. The number of rotatable bonds is 13. The van der Waals surface area contributed by atoms with Crippen LogP contribution in [0, 0.1) is 5.82 Å². The minimum atomic E-state index is -1.19. The fourth-order valence-electron chi connectivity index (χ4n) is 4.44. The van der Waals surface area contributed by atoms with Gasteiger partial charge < -0.3 is 25.7 Å². The summed E-state index contributed by atoms with van der Waals surface area (Å²) in [5, 5.41) is 46.6. The third-order valence-corrected chi connectivity index (χ3v) is 6.24. The van der Waals surface area contributed by atoms with Crippen molar-refractivity contribution >= 4 is 41.4 Å². The number of carboxylic acids is 1. The molecule has 0 radical (unpaired) electrons. The standard InChI is InChI=1S/C28H34FN3O6.Na.H/c1-17(2)26-24(13-12-21(34)14-22(35)15-25(36)37)32(20-10-8-19(29)9-11-20)31-27(26)28(38)30-23(16-33)18-6-4-3-5-7-18;;/h3-11,17,21-23,33-35H,12-16H2,1-2H3,(H,30,38)(H,36,37);;/t21-,22-,23?;;/m1../s1. The monoisotopic (exact) mass is 551 g/mol. The maximum atomic E-state index is 13.6. The Balaban J connectivity index is 0.00000533. The number of carboxylic acid groups (broad SMARTS) is 1. The van der Waals surface area contributed by atoms with Crippen molar-refractivity contribution in [2.45, 2.75) is 63.7 Å². The van der Waals surface area contributed by atoms with Crippen molar-refractivity contribution in [2.75, 3.05) is 6.61 Å². The molecule has 1 heterocycles. The van der Waals surface area contributed by atoms with E-state index in [0.717, 1.165) is 5.56 Å². The molecule has 0 fully saturated rings. The Morgan fingerprint density at radius 1 is 1.03 bits per heavy atom. The van der Waals surface area contributed by atoms with E-state index in [-0.39, 0.29) is 67.0 Å². The van der Waals surface area contributed by atoms with Crippen LogP contribution in [0.2, 0.25) is 0 Å². The third kappa shape index (κ3) is 8.96. The van der Waals surface area contributed by atoms with E-state index in [9.17, 15) is 29.3 Å². The molecule has 11 heteroatoms. The summed E-state index contributed by atoms with van der Waals surface area (Å²) in [6.07, 6.45) is -2.34. The second-order valence-electron chi connectivity index (χ2n) is 9.55. The molecule has 1 amide bonds. The molecule has 1 unspecified atom stereocenters. The number of hydrogen-bond acceptors (Lipinski definition) is 6. The molecule has 0 aliphatic carbocycles. The molecule has 0 bridgehead atoms. The van der Waals surface area contributed by atoms with Crippen molar-refractivity contribution in [2.24, 2.45) is 0 Å². The van der Waals surface area contributed by atoms with Crippen LogP contribution in [0.3, 0.4) is 0 Å². The first-order chi connectivity index (χ1) is 18.1. The van der Waals surface area contributed by atoms with Gasteiger partial charge in [0.05, 0.1) is 37.0 Å². The molecule has 0 saturated heterocycles. The molecule has 3 rings (SSSR count). The summed E-state index contributed by atoms with van der Waals surface area (Å²) in [7, 11) is 0. The predicted octanol–water partition coefficient (Wildman–Crippen LogP) is 2.47. The molecule has 1 aromatic heterocycles. The average Bonchev–Trinajstić information content (AvgIpc) is 3.26. The average molecular weight is 552 g/mol. The Labute approximate surface area is 249 Å². The van der Waals surface area contributed by atoms with Crippen molar-refractivity contribution in [3.63, 3.8) is 0 Å². The van der Waals surface area contributed by atoms with E-state index < -0.39 is 42.4 Å². The van der Waals surface area contributed by atoms with E-state index in [1.165, 1.54) is 24.3 Å². The van der Waals surface area contributed by atoms with Crippen LogP contribution >= 0.6 is 0 Å². The molecule has 0 aliphatic rings. The summed E-state index contributed by atoms with van der Waals surface area (Å²) >= 11 is 0. The fourth-order valence-corrected chi connectivity index (χ4v) is 4.44. The number of halogens is 1. The summed E-state index contributed by atoms with van der Waals surface area (Å²) in [4.78, 5) is 24.3. The number of benzene rings is 2. The first-order valence-electron chi connectivity index (χ1n) is 12.5. The summed E-state index contributed by atoms with van der Waals surface area (Å²) < 4.78 is 15.2. The predicted molar refractivity (Wildman–Crippen MR) is 146 cm³/mol. The maximum absolute atomic E-state index is 13.6. The number of aliphatic hydroxyl groups excluding tert-OH is 3. The summed E-state index contributed by atoms with van der Waals surface area (Å²) in [5.74, 6) is -2.23. The van der Waals surface area contributed by atoms with Gasteiger partial charge in [0.25, 0.3) is 5.91 Å². The topological polar surface area (TPSA) is 145 Å². The summed E-state index contributed by atoms with van der Waals surface area (Å²) in [5.41, 5.74) is 2.66. The molecule has 206 valence electrons. The van der Waals surface area contributed by atoms with Crippen molar-refractivity contribution in [1.82, 2.24) is 15.1 Å². The molecule has 39 heavy (non-hydrogen) atoms. The molecule has 0 aliphatic heterocycles. The summed E-state index contributed by atoms with van der Waals surface area (Å²) in [6.45, 7) is 3.49. The van der Waals surface area contributed by atoms with Crippen LogP contribution < -0.4 is 5.32 Å². The number of carbonyl (C=O) groups excluding carboxylic acids is 1. The molecule has 9 nitrogen and oxygen atoms in total. The van der Waals surface area contributed by atoms with Crippen LogP contribution in [0.4, 0.5) is 4.39 Å². The van der Waals surface area contributed by atoms with Crippen LogP contribution in [0.5, 0.6) is 0 Å². The van der Waals surface area contributed by atoms with Gasteiger partial charge in [0.2, 0.25) is 0 Å². The van der Waals surface area contributed by atoms with Gasteiger partial charge in [0.1, 0.15) is 5.82 Å². The molecule has 3 aromatic rings. The van der Waals surface area contributed by atoms with Gasteiger partial charge in [-0.15, -0.1) is 0 Å². The van der Waals surface area contributed by atoms with E-state index in [1.807, 2.05) is 32.0 Å². The summed E-state index contributed by atoms with van der Waals surface area (Å²) in [6, 6.07) is 14.0. The fraction of sp³-hybridized carbons (Fsp3) is 0.393. The quantitative estimate of drug-likeness (QED) is 0.205. The van der Waals surface area contributed by atoms with Crippen molar-refractivity contribution in [1.29, 1.82) is 0 Å². The van der Waals surface area contributed by atoms with Gasteiger partial charge in [-0.3, -0.25) is 9.59 Å². The first-order valence-corrected chi connectivity index (χ1v) is 12.5. The van der Waals surface area contributed by atoms with Crippen LogP contribution in [-0.4, -0.2) is 90.5 Å². The van der Waals surface area contributed by atoms with Crippen molar-refractivity contribution in [3.8, 4) is 5.69 Å². The number of nitrogens with zero attached hydrogens (tertiary/aromatic N) is 2. The van der Waals surface area contributed by atoms with Crippen molar-refractivity contribution in [3.05, 3.63) is 82.9 Å². The van der Waals surface area contributed by atoms with Gasteiger partial charge >= 0.3 is 35.5 Å². The zero-order valence-corrected chi connectivity index (χ0v) is 21.4. The van der Waals surface area contributed by atoms with E-state index in [0.29, 0.717) is 16.9 Å². The number of carbonyl (C=O) groups is 2. The second kappa shape index (κ2) is 15.3. The molecule has 5 N–H and O–H groups in total. The normalized spacial score (nSPS) is 13.4. The van der Waals surface area contributed by atoms with Gasteiger partial charge in [-0.1, -0.05) is 44.2 Å². The van der Waals surface area contributed by atoms with Crippen LogP contribution in [-0.2, 0) is 11.2 Å². The first kappa shape index (κ1) is 32.6. The van der Waals surface area contributed by atoms with Gasteiger partial charge in [0.15, 0.2) is 5.69 Å².